The van der Waals surface area contributed by atoms with Crippen LogP contribution in [-0.4, -0.2) is 54.4 Å². The SMILES string of the molecule is COc1ccc(C2CCN(C(=O)C3CCCN3C(=O)c3cc(Cl)ccc3Cl)C2)cc1. The van der Waals surface area contributed by atoms with Gasteiger partial charge in [0.25, 0.3) is 5.91 Å². The first-order valence-corrected chi connectivity index (χ1v) is 10.9. The summed E-state index contributed by atoms with van der Waals surface area (Å²) in [5.41, 5.74) is 1.55. The van der Waals surface area contributed by atoms with Gasteiger partial charge in [0.15, 0.2) is 0 Å². The second-order valence-corrected chi connectivity index (χ2v) is 8.67. The van der Waals surface area contributed by atoms with Crippen molar-refractivity contribution in [3.8, 4) is 5.75 Å². The molecule has 0 aromatic heterocycles. The molecule has 0 aliphatic carbocycles. The minimum absolute atomic E-state index is 0.0232. The lowest BCUT2D eigenvalue weighted by molar-refractivity contribution is -0.134. The zero-order valence-electron chi connectivity index (χ0n) is 16.8. The molecule has 2 unspecified atom stereocenters. The van der Waals surface area contributed by atoms with Crippen LogP contribution in [0.15, 0.2) is 42.5 Å². The van der Waals surface area contributed by atoms with Crippen molar-refractivity contribution < 1.29 is 14.3 Å². The highest BCUT2D eigenvalue weighted by Gasteiger charge is 2.39. The fourth-order valence-corrected chi connectivity index (χ4v) is 4.77. The van der Waals surface area contributed by atoms with E-state index in [-0.39, 0.29) is 11.8 Å². The quantitative estimate of drug-likeness (QED) is 0.687. The Morgan fingerprint density at radius 1 is 1.03 bits per heavy atom. The van der Waals surface area contributed by atoms with Crippen molar-refractivity contribution in [2.75, 3.05) is 26.7 Å². The Morgan fingerprint density at radius 2 is 1.80 bits per heavy atom. The van der Waals surface area contributed by atoms with Gasteiger partial charge in [-0.1, -0.05) is 35.3 Å². The number of likely N-dealkylation sites (tertiary alicyclic amines) is 2. The zero-order chi connectivity index (χ0) is 21.3. The molecule has 2 heterocycles. The van der Waals surface area contributed by atoms with Gasteiger partial charge in [-0.25, -0.2) is 0 Å². The summed E-state index contributed by atoms with van der Waals surface area (Å²) in [6.45, 7) is 1.92. The highest BCUT2D eigenvalue weighted by molar-refractivity contribution is 6.35. The van der Waals surface area contributed by atoms with Crippen molar-refractivity contribution in [3.05, 3.63) is 63.6 Å². The van der Waals surface area contributed by atoms with Crippen LogP contribution in [-0.2, 0) is 4.79 Å². The number of ether oxygens (including phenoxy) is 1. The van der Waals surface area contributed by atoms with Crippen LogP contribution >= 0.6 is 23.2 Å². The highest BCUT2D eigenvalue weighted by Crippen LogP contribution is 2.32. The molecule has 0 bridgehead atoms. The zero-order valence-corrected chi connectivity index (χ0v) is 18.3. The second-order valence-electron chi connectivity index (χ2n) is 7.82. The maximum absolute atomic E-state index is 13.3. The van der Waals surface area contributed by atoms with Crippen LogP contribution in [0.3, 0.4) is 0 Å². The average molecular weight is 447 g/mol. The molecule has 5 nitrogen and oxygen atoms in total. The number of carbonyl (C=O) groups excluding carboxylic acids is 2. The van der Waals surface area contributed by atoms with Gasteiger partial charge in [0.1, 0.15) is 11.8 Å². The normalized spacial score (nSPS) is 21.2. The molecule has 2 aliphatic heterocycles. The Labute approximate surface area is 186 Å². The number of halogens is 2. The lowest BCUT2D eigenvalue weighted by Gasteiger charge is -2.28. The van der Waals surface area contributed by atoms with Crippen molar-refractivity contribution in [1.82, 2.24) is 9.80 Å². The monoisotopic (exact) mass is 446 g/mol. The molecule has 0 saturated carbocycles. The smallest absolute Gasteiger partial charge is 0.256 e. The van der Waals surface area contributed by atoms with Crippen LogP contribution in [0.1, 0.15) is 41.1 Å². The van der Waals surface area contributed by atoms with Gasteiger partial charge in [0, 0.05) is 30.6 Å². The first kappa shape index (κ1) is 21.0. The Balaban J connectivity index is 1.46. The van der Waals surface area contributed by atoms with Crippen molar-refractivity contribution in [2.45, 2.75) is 31.2 Å². The molecule has 4 rings (SSSR count). The third-order valence-electron chi connectivity index (χ3n) is 6.04. The summed E-state index contributed by atoms with van der Waals surface area (Å²) in [6.07, 6.45) is 2.39. The highest BCUT2D eigenvalue weighted by atomic mass is 35.5. The van der Waals surface area contributed by atoms with Gasteiger partial charge in [-0.05, 0) is 55.2 Å². The largest absolute Gasteiger partial charge is 0.497 e. The fraction of sp³-hybridized carbons (Fsp3) is 0.391. The van der Waals surface area contributed by atoms with Crippen molar-refractivity contribution in [2.24, 2.45) is 0 Å². The van der Waals surface area contributed by atoms with Gasteiger partial charge < -0.3 is 14.5 Å². The predicted octanol–water partition coefficient (Wildman–Crippen LogP) is 4.62. The molecule has 2 aromatic rings. The number of rotatable bonds is 4. The molecule has 2 aliphatic rings. The van der Waals surface area contributed by atoms with E-state index in [1.165, 1.54) is 5.56 Å². The summed E-state index contributed by atoms with van der Waals surface area (Å²) in [4.78, 5) is 29.9. The lowest BCUT2D eigenvalue weighted by Crippen LogP contribution is -2.47. The van der Waals surface area contributed by atoms with Crippen molar-refractivity contribution >= 4 is 35.0 Å². The summed E-state index contributed by atoms with van der Waals surface area (Å²) >= 11 is 12.3. The third-order valence-corrected chi connectivity index (χ3v) is 6.61. The molecule has 2 atom stereocenters. The Morgan fingerprint density at radius 3 is 2.53 bits per heavy atom. The Kier molecular flexibility index (Phi) is 6.21. The van der Waals surface area contributed by atoms with E-state index in [0.717, 1.165) is 18.6 Å². The third kappa shape index (κ3) is 4.14. The van der Waals surface area contributed by atoms with Crippen LogP contribution in [0.4, 0.5) is 0 Å². The van der Waals surface area contributed by atoms with Gasteiger partial charge in [0.05, 0.1) is 17.7 Å². The molecule has 2 fully saturated rings. The van der Waals surface area contributed by atoms with E-state index in [1.807, 2.05) is 17.0 Å². The second kappa shape index (κ2) is 8.86. The van der Waals surface area contributed by atoms with E-state index < -0.39 is 6.04 Å². The summed E-state index contributed by atoms with van der Waals surface area (Å²) in [6, 6.07) is 12.4. The lowest BCUT2D eigenvalue weighted by atomic mass is 9.98. The molecule has 158 valence electrons. The van der Waals surface area contributed by atoms with Crippen molar-refractivity contribution in [1.29, 1.82) is 0 Å². The van der Waals surface area contributed by atoms with Crippen molar-refractivity contribution in [3.63, 3.8) is 0 Å². The number of hydrogen-bond acceptors (Lipinski definition) is 3. The summed E-state index contributed by atoms with van der Waals surface area (Å²) < 4.78 is 5.23. The first-order valence-electron chi connectivity index (χ1n) is 10.2. The van der Waals surface area contributed by atoms with Gasteiger partial charge in [0.2, 0.25) is 5.91 Å². The van der Waals surface area contributed by atoms with Gasteiger partial charge >= 0.3 is 0 Å². The van der Waals surface area contributed by atoms with Gasteiger partial charge in [-0.3, -0.25) is 9.59 Å². The standard InChI is InChI=1S/C23H24Cl2N2O3/c1-30-18-7-4-15(5-8-18)16-10-12-26(14-16)23(29)21-3-2-11-27(21)22(28)19-13-17(24)6-9-20(19)25/h4-9,13,16,21H,2-3,10-12,14H2,1H3. The Bertz CT molecular complexity index is 948. The Hall–Kier alpha value is -2.24. The molecule has 2 saturated heterocycles. The first-order chi connectivity index (χ1) is 14.5. The summed E-state index contributed by atoms with van der Waals surface area (Å²) in [5, 5.41) is 0.801. The molecule has 0 spiro atoms. The fourth-order valence-electron chi connectivity index (χ4n) is 4.40. The maximum atomic E-state index is 13.3. The maximum Gasteiger partial charge on any atom is 0.256 e. The molecular weight excluding hydrogens is 423 g/mol. The average Bonchev–Trinajstić information content (AvgIpc) is 3.44. The number of amides is 2. The minimum atomic E-state index is -0.442. The van der Waals surface area contributed by atoms with E-state index in [9.17, 15) is 9.59 Å². The summed E-state index contributed by atoms with van der Waals surface area (Å²) in [7, 11) is 1.65. The van der Waals surface area contributed by atoms with Crippen LogP contribution in [0.2, 0.25) is 10.0 Å². The van der Waals surface area contributed by atoms with Gasteiger partial charge in [-0.2, -0.15) is 0 Å². The number of hydrogen-bond donors (Lipinski definition) is 0. The van der Waals surface area contributed by atoms with Crippen LogP contribution in [0.25, 0.3) is 0 Å². The number of methoxy groups -OCH3 is 1. The topological polar surface area (TPSA) is 49.9 Å². The molecular formula is C23H24Cl2N2O3. The van der Waals surface area contributed by atoms with E-state index in [4.69, 9.17) is 27.9 Å². The van der Waals surface area contributed by atoms with Crippen LogP contribution in [0, 0.1) is 0 Å². The van der Waals surface area contributed by atoms with E-state index in [0.29, 0.717) is 47.6 Å². The summed E-state index contributed by atoms with van der Waals surface area (Å²) in [5.74, 6) is 0.913. The molecule has 2 aromatic carbocycles. The van der Waals surface area contributed by atoms with Crippen LogP contribution in [0.5, 0.6) is 5.75 Å². The van der Waals surface area contributed by atoms with E-state index in [1.54, 1.807) is 30.2 Å². The van der Waals surface area contributed by atoms with Crippen LogP contribution < -0.4 is 4.74 Å². The number of nitrogens with zero attached hydrogens (tertiary/aromatic N) is 2. The predicted molar refractivity (Wildman–Crippen MR) is 117 cm³/mol. The molecule has 0 radical (unpaired) electrons. The number of benzene rings is 2. The van der Waals surface area contributed by atoms with E-state index in [2.05, 4.69) is 12.1 Å². The number of carbonyl (C=O) groups is 2. The molecule has 2 amide bonds. The molecule has 0 N–H and O–H groups in total. The van der Waals surface area contributed by atoms with Gasteiger partial charge in [-0.15, -0.1) is 0 Å². The van der Waals surface area contributed by atoms with E-state index >= 15 is 0 Å². The minimum Gasteiger partial charge on any atom is -0.497 e. The molecule has 7 heteroatoms. The molecule has 30 heavy (non-hydrogen) atoms.